The summed E-state index contributed by atoms with van der Waals surface area (Å²) in [4.78, 5) is 11.7. The maximum atomic E-state index is 13.5. The fourth-order valence-corrected chi connectivity index (χ4v) is 1.89. The SMILES string of the molecule is C[C@H](NC(=O)Nc1ccc(Br)cc1F)c1ccco1. The first-order valence-electron chi connectivity index (χ1n) is 5.62. The second-order valence-corrected chi connectivity index (χ2v) is 4.88. The van der Waals surface area contributed by atoms with Gasteiger partial charge in [0, 0.05) is 4.47 Å². The van der Waals surface area contributed by atoms with Crippen LogP contribution in [0.3, 0.4) is 0 Å². The summed E-state index contributed by atoms with van der Waals surface area (Å²) in [5.41, 5.74) is 0.118. The molecule has 100 valence electrons. The molecule has 2 aromatic rings. The smallest absolute Gasteiger partial charge is 0.319 e. The van der Waals surface area contributed by atoms with Gasteiger partial charge in [0.15, 0.2) is 0 Å². The number of furan rings is 1. The van der Waals surface area contributed by atoms with Gasteiger partial charge in [-0.1, -0.05) is 15.9 Å². The van der Waals surface area contributed by atoms with Gasteiger partial charge in [-0.2, -0.15) is 0 Å². The Kier molecular flexibility index (Phi) is 4.21. The number of benzene rings is 1. The van der Waals surface area contributed by atoms with Crippen molar-refractivity contribution in [3.8, 4) is 0 Å². The maximum absolute atomic E-state index is 13.5. The van der Waals surface area contributed by atoms with Crippen LogP contribution in [0.2, 0.25) is 0 Å². The van der Waals surface area contributed by atoms with Crippen LogP contribution in [0.4, 0.5) is 14.9 Å². The lowest BCUT2D eigenvalue weighted by Crippen LogP contribution is -2.31. The zero-order valence-corrected chi connectivity index (χ0v) is 11.7. The number of nitrogens with one attached hydrogen (secondary N) is 2. The molecule has 1 aromatic carbocycles. The lowest BCUT2D eigenvalue weighted by atomic mass is 10.2. The summed E-state index contributed by atoms with van der Waals surface area (Å²) >= 11 is 3.15. The first kappa shape index (κ1) is 13.6. The molecule has 0 bridgehead atoms. The van der Waals surface area contributed by atoms with Gasteiger partial charge < -0.3 is 15.1 Å². The van der Waals surface area contributed by atoms with Crippen molar-refractivity contribution in [3.63, 3.8) is 0 Å². The minimum absolute atomic E-state index is 0.118. The second-order valence-electron chi connectivity index (χ2n) is 3.96. The van der Waals surface area contributed by atoms with E-state index in [1.54, 1.807) is 25.1 Å². The summed E-state index contributed by atoms with van der Waals surface area (Å²) in [6.07, 6.45) is 1.53. The largest absolute Gasteiger partial charge is 0.467 e. The van der Waals surface area contributed by atoms with Crippen LogP contribution >= 0.6 is 15.9 Å². The molecule has 0 saturated carbocycles. The first-order chi connectivity index (χ1) is 9.06. The van der Waals surface area contributed by atoms with Crippen LogP contribution in [0.1, 0.15) is 18.7 Å². The van der Waals surface area contributed by atoms with E-state index < -0.39 is 11.8 Å². The second kappa shape index (κ2) is 5.88. The van der Waals surface area contributed by atoms with E-state index >= 15 is 0 Å². The molecule has 0 saturated heterocycles. The molecule has 0 unspecified atom stereocenters. The van der Waals surface area contributed by atoms with Crippen LogP contribution < -0.4 is 10.6 Å². The number of amides is 2. The van der Waals surface area contributed by atoms with Crippen molar-refractivity contribution in [1.29, 1.82) is 0 Å². The Hall–Kier alpha value is -1.82. The molecule has 6 heteroatoms. The Morgan fingerprint density at radius 1 is 1.42 bits per heavy atom. The van der Waals surface area contributed by atoms with Crippen molar-refractivity contribution in [2.75, 3.05) is 5.32 Å². The molecule has 0 aliphatic rings. The molecule has 19 heavy (non-hydrogen) atoms. The highest BCUT2D eigenvalue weighted by Crippen LogP contribution is 2.19. The zero-order valence-electron chi connectivity index (χ0n) is 10.1. The van der Waals surface area contributed by atoms with Crippen molar-refractivity contribution in [3.05, 3.63) is 52.6 Å². The third-order valence-corrected chi connectivity index (χ3v) is 2.99. The molecule has 0 aliphatic heterocycles. The van der Waals surface area contributed by atoms with E-state index in [0.29, 0.717) is 10.2 Å². The zero-order chi connectivity index (χ0) is 13.8. The highest BCUT2D eigenvalue weighted by Gasteiger charge is 2.13. The first-order valence-corrected chi connectivity index (χ1v) is 6.41. The fraction of sp³-hybridized carbons (Fsp3) is 0.154. The number of halogens is 2. The highest BCUT2D eigenvalue weighted by molar-refractivity contribution is 9.10. The van der Waals surface area contributed by atoms with E-state index in [-0.39, 0.29) is 11.7 Å². The van der Waals surface area contributed by atoms with Gasteiger partial charge in [0.05, 0.1) is 18.0 Å². The molecule has 1 atom stereocenters. The molecule has 1 heterocycles. The fourth-order valence-electron chi connectivity index (χ4n) is 1.55. The lowest BCUT2D eigenvalue weighted by molar-refractivity contribution is 0.247. The Balaban J connectivity index is 1.98. The third-order valence-electron chi connectivity index (χ3n) is 2.50. The lowest BCUT2D eigenvalue weighted by Gasteiger charge is -2.13. The standard InChI is InChI=1S/C13H12BrFN2O2/c1-8(12-3-2-6-19-12)16-13(18)17-11-5-4-9(14)7-10(11)15/h2-8H,1H3,(H2,16,17,18)/t8-/m0/s1. The quantitative estimate of drug-likeness (QED) is 0.893. The molecule has 2 N–H and O–H groups in total. The van der Waals surface area contributed by atoms with Crippen molar-refractivity contribution in [2.45, 2.75) is 13.0 Å². The molecular weight excluding hydrogens is 315 g/mol. The Labute approximate surface area is 118 Å². The number of hydrogen-bond donors (Lipinski definition) is 2. The highest BCUT2D eigenvalue weighted by atomic mass is 79.9. The summed E-state index contributed by atoms with van der Waals surface area (Å²) in [5.74, 6) is 0.126. The number of hydrogen-bond acceptors (Lipinski definition) is 2. The van der Waals surface area contributed by atoms with Crippen LogP contribution in [0.5, 0.6) is 0 Å². The van der Waals surface area contributed by atoms with E-state index in [9.17, 15) is 9.18 Å². The van der Waals surface area contributed by atoms with Crippen molar-refractivity contribution in [1.82, 2.24) is 5.32 Å². The molecular formula is C13H12BrFN2O2. The van der Waals surface area contributed by atoms with Gasteiger partial charge in [-0.3, -0.25) is 0 Å². The van der Waals surface area contributed by atoms with Gasteiger partial charge in [-0.15, -0.1) is 0 Å². The normalized spacial score (nSPS) is 11.9. The van der Waals surface area contributed by atoms with Crippen LogP contribution in [-0.2, 0) is 0 Å². The van der Waals surface area contributed by atoms with E-state index in [2.05, 4.69) is 26.6 Å². The van der Waals surface area contributed by atoms with Gasteiger partial charge in [0.2, 0.25) is 0 Å². The van der Waals surface area contributed by atoms with Gasteiger partial charge in [-0.05, 0) is 37.3 Å². The van der Waals surface area contributed by atoms with E-state index in [1.807, 2.05) is 0 Å². The summed E-state index contributed by atoms with van der Waals surface area (Å²) in [5, 5.41) is 5.09. The molecule has 0 fully saturated rings. The van der Waals surface area contributed by atoms with Crippen LogP contribution in [0.25, 0.3) is 0 Å². The number of anilines is 1. The number of urea groups is 1. The van der Waals surface area contributed by atoms with E-state index in [1.165, 1.54) is 18.4 Å². The molecule has 0 spiro atoms. The predicted octanol–water partition coefficient (Wildman–Crippen LogP) is 4.06. The molecule has 4 nitrogen and oxygen atoms in total. The summed E-state index contributed by atoms with van der Waals surface area (Å²) < 4.78 is 19.3. The maximum Gasteiger partial charge on any atom is 0.319 e. The Morgan fingerprint density at radius 2 is 2.21 bits per heavy atom. The molecule has 2 amide bonds. The number of rotatable bonds is 3. The van der Waals surface area contributed by atoms with Crippen LogP contribution in [-0.4, -0.2) is 6.03 Å². The minimum Gasteiger partial charge on any atom is -0.467 e. The van der Waals surface area contributed by atoms with Crippen molar-refractivity contribution in [2.24, 2.45) is 0 Å². The predicted molar refractivity (Wildman–Crippen MR) is 73.4 cm³/mol. The molecule has 1 aromatic heterocycles. The van der Waals surface area contributed by atoms with Gasteiger partial charge in [-0.25, -0.2) is 9.18 Å². The third kappa shape index (κ3) is 3.57. The van der Waals surface area contributed by atoms with E-state index in [0.717, 1.165) is 0 Å². The Morgan fingerprint density at radius 3 is 2.84 bits per heavy atom. The summed E-state index contributed by atoms with van der Waals surface area (Å²) in [7, 11) is 0. The van der Waals surface area contributed by atoms with Gasteiger partial charge >= 0.3 is 6.03 Å². The molecule has 0 radical (unpaired) electrons. The van der Waals surface area contributed by atoms with Gasteiger partial charge in [0.1, 0.15) is 11.6 Å². The van der Waals surface area contributed by atoms with E-state index in [4.69, 9.17) is 4.42 Å². The minimum atomic E-state index is -0.504. The Bertz CT molecular complexity index is 572. The molecule has 0 aliphatic carbocycles. The van der Waals surface area contributed by atoms with Crippen molar-refractivity contribution >= 4 is 27.6 Å². The van der Waals surface area contributed by atoms with Gasteiger partial charge in [0.25, 0.3) is 0 Å². The number of carbonyl (C=O) groups is 1. The van der Waals surface area contributed by atoms with Crippen molar-refractivity contribution < 1.29 is 13.6 Å². The average Bonchev–Trinajstić information content (AvgIpc) is 2.86. The summed E-state index contributed by atoms with van der Waals surface area (Å²) in [6.45, 7) is 1.77. The van der Waals surface area contributed by atoms with Crippen LogP contribution in [0, 0.1) is 5.82 Å². The topological polar surface area (TPSA) is 54.3 Å². The van der Waals surface area contributed by atoms with Crippen LogP contribution in [0.15, 0.2) is 45.5 Å². The monoisotopic (exact) mass is 326 g/mol. The summed E-state index contributed by atoms with van der Waals surface area (Å²) in [6, 6.07) is 7.11. The molecule has 2 rings (SSSR count). The number of carbonyl (C=O) groups excluding carboxylic acids is 1. The average molecular weight is 327 g/mol.